The van der Waals surface area contributed by atoms with Crippen molar-refractivity contribution >= 4 is 46.0 Å². The highest BCUT2D eigenvalue weighted by Gasteiger charge is 2.34. The van der Waals surface area contributed by atoms with Crippen LogP contribution in [0, 0.1) is 5.41 Å². The van der Waals surface area contributed by atoms with Gasteiger partial charge in [0, 0.05) is 30.3 Å². The van der Waals surface area contributed by atoms with Crippen molar-refractivity contribution in [3.63, 3.8) is 0 Å². The smallest absolute Gasteiger partial charge is 0.319 e. The van der Waals surface area contributed by atoms with Crippen molar-refractivity contribution < 1.29 is 28.6 Å². The van der Waals surface area contributed by atoms with E-state index >= 15 is 0 Å². The molecule has 2 heterocycles. The standard InChI is InChI=1S/C33H33ClN4O6/c1-33(2,3)12-14-36-32(41)37-25-10-9-20(17-24(25)34)44-27-11-13-35-26-19-29(28(42-4)18-23(26)27)43-16-15-38-30(39)21-7-5-6-8-22(21)31(38)40/h5-11,13,17-19H,12,14-16H2,1-4H3,(H2,36,37,41). The van der Waals surface area contributed by atoms with Crippen LogP contribution in [0.25, 0.3) is 10.9 Å². The number of rotatable bonds is 10. The number of pyridine rings is 1. The van der Waals surface area contributed by atoms with E-state index in [1.165, 1.54) is 12.0 Å². The maximum Gasteiger partial charge on any atom is 0.319 e. The molecule has 0 radical (unpaired) electrons. The van der Waals surface area contributed by atoms with Crippen LogP contribution in [0.15, 0.2) is 66.9 Å². The summed E-state index contributed by atoms with van der Waals surface area (Å²) in [5.74, 6) is 1.11. The lowest BCUT2D eigenvalue weighted by Crippen LogP contribution is -2.33. The zero-order valence-electron chi connectivity index (χ0n) is 24.9. The molecular weight excluding hydrogens is 584 g/mol. The van der Waals surface area contributed by atoms with Gasteiger partial charge in [-0.25, -0.2) is 4.79 Å². The predicted molar refractivity (Wildman–Crippen MR) is 168 cm³/mol. The van der Waals surface area contributed by atoms with E-state index in [0.29, 0.717) is 62.3 Å². The van der Waals surface area contributed by atoms with E-state index < -0.39 is 0 Å². The van der Waals surface area contributed by atoms with Gasteiger partial charge in [-0.05, 0) is 48.2 Å². The van der Waals surface area contributed by atoms with E-state index in [2.05, 4.69) is 36.4 Å². The highest BCUT2D eigenvalue weighted by molar-refractivity contribution is 6.33. The van der Waals surface area contributed by atoms with Crippen molar-refractivity contribution in [2.24, 2.45) is 5.41 Å². The van der Waals surface area contributed by atoms with Crippen LogP contribution in [0.5, 0.6) is 23.0 Å². The molecule has 10 nitrogen and oxygen atoms in total. The third-order valence-electron chi connectivity index (χ3n) is 7.01. The molecule has 0 unspecified atom stereocenters. The number of imide groups is 1. The number of hydrogen-bond acceptors (Lipinski definition) is 7. The van der Waals surface area contributed by atoms with Crippen LogP contribution in [0.3, 0.4) is 0 Å². The topological polar surface area (TPSA) is 119 Å². The number of anilines is 1. The quantitative estimate of drug-likeness (QED) is 0.186. The Kier molecular flexibility index (Phi) is 8.91. The lowest BCUT2D eigenvalue weighted by Gasteiger charge is -2.18. The van der Waals surface area contributed by atoms with Crippen molar-refractivity contribution in [1.29, 1.82) is 0 Å². The van der Waals surface area contributed by atoms with Gasteiger partial charge < -0.3 is 24.8 Å². The Hall–Kier alpha value is -4.83. The van der Waals surface area contributed by atoms with E-state index in [1.54, 1.807) is 66.9 Å². The molecule has 0 saturated carbocycles. The zero-order valence-corrected chi connectivity index (χ0v) is 25.7. The highest BCUT2D eigenvalue weighted by Crippen LogP contribution is 2.38. The lowest BCUT2D eigenvalue weighted by molar-refractivity contribution is 0.0630. The summed E-state index contributed by atoms with van der Waals surface area (Å²) in [5.41, 5.74) is 1.93. The first kappa shape index (κ1) is 30.6. The SMILES string of the molecule is COc1cc2c(Oc3ccc(NC(=O)NCCC(C)(C)C)c(Cl)c3)ccnc2cc1OCCN1C(=O)c2ccccc2C1=O. The molecule has 0 saturated heterocycles. The molecule has 0 fully saturated rings. The van der Waals surface area contributed by atoms with Crippen molar-refractivity contribution in [2.45, 2.75) is 27.2 Å². The number of halogens is 1. The molecule has 11 heteroatoms. The summed E-state index contributed by atoms with van der Waals surface area (Å²) in [7, 11) is 1.51. The van der Waals surface area contributed by atoms with Gasteiger partial charge in [-0.2, -0.15) is 0 Å². The van der Waals surface area contributed by atoms with E-state index in [9.17, 15) is 14.4 Å². The van der Waals surface area contributed by atoms with E-state index in [-0.39, 0.29) is 36.4 Å². The van der Waals surface area contributed by atoms with Crippen molar-refractivity contribution in [2.75, 3.05) is 32.1 Å². The van der Waals surface area contributed by atoms with Gasteiger partial charge in [0.25, 0.3) is 11.8 Å². The van der Waals surface area contributed by atoms with Gasteiger partial charge in [-0.15, -0.1) is 0 Å². The van der Waals surface area contributed by atoms with Crippen LogP contribution in [0.4, 0.5) is 10.5 Å². The number of urea groups is 1. The Labute approximate surface area is 260 Å². The van der Waals surface area contributed by atoms with Crippen LogP contribution in [0.1, 0.15) is 47.9 Å². The number of ether oxygens (including phenoxy) is 3. The molecule has 1 aromatic heterocycles. The third-order valence-corrected chi connectivity index (χ3v) is 7.33. The first-order valence-corrected chi connectivity index (χ1v) is 14.5. The molecule has 1 aliphatic heterocycles. The zero-order chi connectivity index (χ0) is 31.4. The summed E-state index contributed by atoms with van der Waals surface area (Å²) < 4.78 is 17.7. The summed E-state index contributed by atoms with van der Waals surface area (Å²) in [4.78, 5) is 43.2. The molecule has 4 amide bonds. The Morgan fingerprint density at radius 1 is 0.955 bits per heavy atom. The molecule has 228 valence electrons. The number of nitrogens with one attached hydrogen (secondary N) is 2. The summed E-state index contributed by atoms with van der Waals surface area (Å²) >= 11 is 6.46. The van der Waals surface area contributed by atoms with Crippen LogP contribution >= 0.6 is 11.6 Å². The number of hydrogen-bond donors (Lipinski definition) is 2. The molecule has 44 heavy (non-hydrogen) atoms. The lowest BCUT2D eigenvalue weighted by atomic mass is 9.92. The van der Waals surface area contributed by atoms with Gasteiger partial charge in [-0.3, -0.25) is 19.5 Å². The van der Waals surface area contributed by atoms with Gasteiger partial charge in [0.1, 0.15) is 18.1 Å². The fraction of sp³-hybridized carbons (Fsp3) is 0.273. The second kappa shape index (κ2) is 12.8. The van der Waals surface area contributed by atoms with E-state index in [4.69, 9.17) is 25.8 Å². The molecular formula is C33H33ClN4O6. The largest absolute Gasteiger partial charge is 0.493 e. The minimum atomic E-state index is -0.341. The van der Waals surface area contributed by atoms with E-state index in [0.717, 1.165) is 6.42 Å². The molecule has 0 spiro atoms. The Balaban J connectivity index is 1.25. The fourth-order valence-electron chi connectivity index (χ4n) is 4.68. The molecule has 3 aromatic carbocycles. The second-order valence-electron chi connectivity index (χ2n) is 11.4. The number of carbonyl (C=O) groups is 3. The first-order chi connectivity index (χ1) is 21.0. The molecule has 0 bridgehead atoms. The van der Waals surface area contributed by atoms with Gasteiger partial charge >= 0.3 is 6.03 Å². The molecule has 2 N–H and O–H groups in total. The molecule has 5 rings (SSSR count). The maximum atomic E-state index is 12.7. The Morgan fingerprint density at radius 3 is 2.34 bits per heavy atom. The van der Waals surface area contributed by atoms with Crippen LogP contribution in [-0.2, 0) is 0 Å². The monoisotopic (exact) mass is 616 g/mol. The molecule has 0 aliphatic carbocycles. The summed E-state index contributed by atoms with van der Waals surface area (Å²) in [6.45, 7) is 7.03. The summed E-state index contributed by atoms with van der Waals surface area (Å²) in [5, 5.41) is 6.58. The van der Waals surface area contributed by atoms with Crippen molar-refractivity contribution in [3.8, 4) is 23.0 Å². The van der Waals surface area contributed by atoms with Gasteiger partial charge in [0.15, 0.2) is 11.5 Å². The Morgan fingerprint density at radius 2 is 1.68 bits per heavy atom. The number of fused-ring (bicyclic) bond motifs is 2. The predicted octanol–water partition coefficient (Wildman–Crippen LogP) is 6.92. The number of benzene rings is 3. The molecule has 1 aliphatic rings. The fourth-order valence-corrected chi connectivity index (χ4v) is 4.90. The first-order valence-electron chi connectivity index (χ1n) is 14.1. The van der Waals surface area contributed by atoms with Gasteiger partial charge in [-0.1, -0.05) is 44.5 Å². The van der Waals surface area contributed by atoms with Crippen molar-refractivity contribution in [1.82, 2.24) is 15.2 Å². The van der Waals surface area contributed by atoms with Crippen LogP contribution in [-0.4, -0.2) is 54.5 Å². The normalized spacial score (nSPS) is 12.7. The second-order valence-corrected chi connectivity index (χ2v) is 11.8. The minimum Gasteiger partial charge on any atom is -0.493 e. The number of amides is 4. The van der Waals surface area contributed by atoms with Crippen LogP contribution < -0.4 is 24.8 Å². The van der Waals surface area contributed by atoms with E-state index in [1.807, 2.05) is 0 Å². The average molecular weight is 617 g/mol. The summed E-state index contributed by atoms with van der Waals surface area (Å²) in [6.07, 6.45) is 2.45. The van der Waals surface area contributed by atoms with Crippen LogP contribution in [0.2, 0.25) is 5.02 Å². The summed E-state index contributed by atoms with van der Waals surface area (Å²) in [6, 6.07) is 16.6. The average Bonchev–Trinajstić information content (AvgIpc) is 3.22. The Bertz CT molecular complexity index is 1700. The molecule has 4 aromatic rings. The number of nitrogens with zero attached hydrogens (tertiary/aromatic N) is 2. The third kappa shape index (κ3) is 6.86. The number of methoxy groups -OCH3 is 1. The van der Waals surface area contributed by atoms with Gasteiger partial charge in [0.2, 0.25) is 0 Å². The maximum absolute atomic E-state index is 12.7. The van der Waals surface area contributed by atoms with Crippen molar-refractivity contribution in [3.05, 3.63) is 83.0 Å². The minimum absolute atomic E-state index is 0.0665. The van der Waals surface area contributed by atoms with Gasteiger partial charge in [0.05, 0.1) is 41.0 Å². The number of carbonyl (C=O) groups excluding carboxylic acids is 3. The molecule has 0 atom stereocenters. The highest BCUT2D eigenvalue weighted by atomic mass is 35.5. The number of aromatic nitrogens is 1.